The third kappa shape index (κ3) is 1.54. The van der Waals surface area contributed by atoms with E-state index in [1.54, 1.807) is 0 Å². The zero-order chi connectivity index (χ0) is 12.1. The fraction of sp³-hybridized carbons (Fsp3) is 0.857. The Morgan fingerprint density at radius 1 is 1.06 bits per heavy atom. The van der Waals surface area contributed by atoms with Crippen molar-refractivity contribution in [2.24, 2.45) is 11.8 Å². The number of hydrogen-bond donors (Lipinski definition) is 1. The van der Waals surface area contributed by atoms with Crippen molar-refractivity contribution in [2.75, 3.05) is 13.1 Å². The Kier molecular flexibility index (Phi) is 2.47. The Labute approximate surface area is 108 Å². The summed E-state index contributed by atoms with van der Waals surface area (Å²) >= 11 is 0. The minimum atomic E-state index is 0.679. The van der Waals surface area contributed by atoms with Crippen LogP contribution in [0.4, 0.5) is 0 Å². The predicted molar refractivity (Wildman–Crippen MR) is 69.5 cm³/mol. The topological polar surface area (TPSA) is 42.7 Å². The van der Waals surface area contributed by atoms with E-state index in [0.717, 1.165) is 17.7 Å². The largest absolute Gasteiger partial charge is 0.316 e. The summed E-state index contributed by atoms with van der Waals surface area (Å²) in [7, 11) is 0. The van der Waals surface area contributed by atoms with Crippen molar-refractivity contribution >= 4 is 0 Å². The quantitative estimate of drug-likeness (QED) is 0.868. The molecule has 0 aromatic carbocycles. The molecule has 0 radical (unpaired) electrons. The van der Waals surface area contributed by atoms with Gasteiger partial charge in [0, 0.05) is 12.0 Å². The van der Waals surface area contributed by atoms with Gasteiger partial charge in [-0.1, -0.05) is 19.3 Å². The van der Waals surface area contributed by atoms with Crippen LogP contribution < -0.4 is 5.32 Å². The molecule has 98 valence electrons. The Balaban J connectivity index is 1.63. The monoisotopic (exact) mass is 246 g/mol. The van der Waals surface area contributed by atoms with Gasteiger partial charge in [-0.3, -0.25) is 0 Å². The molecule has 1 saturated heterocycles. The highest BCUT2D eigenvalue weighted by Crippen LogP contribution is 2.55. The number of rotatable bonds is 2. The summed E-state index contributed by atoms with van der Waals surface area (Å²) in [6.07, 6.45) is 6.81. The summed E-state index contributed by atoms with van der Waals surface area (Å²) in [5, 5.41) is 12.4. The molecule has 18 heavy (non-hydrogen) atoms. The number of fused-ring (bicyclic) bond motifs is 1. The summed E-state index contributed by atoms with van der Waals surface area (Å²) in [6.45, 7) is 4.50. The van der Waals surface area contributed by atoms with E-state index in [-0.39, 0.29) is 0 Å². The molecule has 0 amide bonds. The van der Waals surface area contributed by atoms with Gasteiger partial charge in [-0.2, -0.15) is 0 Å². The van der Waals surface area contributed by atoms with Gasteiger partial charge in [-0.25, -0.2) is 0 Å². The molecule has 2 aliphatic carbocycles. The first-order valence-electron chi connectivity index (χ1n) is 7.48. The van der Waals surface area contributed by atoms with Crippen molar-refractivity contribution in [3.05, 3.63) is 11.6 Å². The van der Waals surface area contributed by atoms with E-state index < -0.39 is 0 Å². The molecule has 1 aliphatic heterocycles. The van der Waals surface area contributed by atoms with Crippen LogP contribution in [0, 0.1) is 18.8 Å². The number of aryl methyl sites for hydroxylation is 1. The zero-order valence-corrected chi connectivity index (χ0v) is 11.1. The molecule has 4 rings (SSSR count). The standard InChI is InChI=1S/C14H22N4/c1-9-16-17-14(13-11-7-15-8-12(11)13)18(9)10-5-3-2-4-6-10/h10-13,15H,2-8H2,1H3/t11-,12+,13?. The number of aromatic nitrogens is 3. The molecule has 1 N–H and O–H groups in total. The molecule has 2 heterocycles. The first-order valence-corrected chi connectivity index (χ1v) is 7.48. The number of hydrogen-bond acceptors (Lipinski definition) is 3. The van der Waals surface area contributed by atoms with Crippen LogP contribution in [-0.2, 0) is 0 Å². The highest BCUT2D eigenvalue weighted by Gasteiger charge is 2.56. The molecule has 3 aliphatic rings. The van der Waals surface area contributed by atoms with E-state index >= 15 is 0 Å². The van der Waals surface area contributed by atoms with Crippen LogP contribution in [-0.4, -0.2) is 27.9 Å². The average molecular weight is 246 g/mol. The van der Waals surface area contributed by atoms with Crippen LogP contribution in [0.2, 0.25) is 0 Å². The molecule has 1 aromatic heterocycles. The van der Waals surface area contributed by atoms with Crippen molar-refractivity contribution < 1.29 is 0 Å². The molecule has 2 saturated carbocycles. The average Bonchev–Trinajstić information content (AvgIpc) is 2.79. The molecule has 1 aromatic rings. The molecule has 1 unspecified atom stereocenters. The molecule has 0 spiro atoms. The Morgan fingerprint density at radius 2 is 1.78 bits per heavy atom. The third-order valence-corrected chi connectivity index (χ3v) is 5.22. The van der Waals surface area contributed by atoms with Gasteiger partial charge < -0.3 is 9.88 Å². The van der Waals surface area contributed by atoms with Gasteiger partial charge in [0.15, 0.2) is 0 Å². The maximum absolute atomic E-state index is 4.52. The van der Waals surface area contributed by atoms with Crippen LogP contribution in [0.15, 0.2) is 0 Å². The van der Waals surface area contributed by atoms with E-state index in [4.69, 9.17) is 0 Å². The highest BCUT2D eigenvalue weighted by molar-refractivity contribution is 5.21. The third-order valence-electron chi connectivity index (χ3n) is 5.22. The van der Waals surface area contributed by atoms with Crippen LogP contribution in [0.3, 0.4) is 0 Å². The summed E-state index contributed by atoms with van der Waals surface area (Å²) in [6, 6.07) is 0.679. The number of nitrogens with zero attached hydrogens (tertiary/aromatic N) is 3. The number of nitrogens with one attached hydrogen (secondary N) is 1. The van der Waals surface area contributed by atoms with Crippen molar-refractivity contribution in [2.45, 2.75) is 51.0 Å². The lowest BCUT2D eigenvalue weighted by Crippen LogP contribution is -2.20. The SMILES string of the molecule is Cc1nnc(C2[C@H]3CNC[C@@H]23)n1C1CCCCC1. The Bertz CT molecular complexity index is 437. The van der Waals surface area contributed by atoms with E-state index in [1.165, 1.54) is 51.0 Å². The molecular formula is C14H22N4. The zero-order valence-electron chi connectivity index (χ0n) is 11.1. The van der Waals surface area contributed by atoms with E-state index in [2.05, 4.69) is 27.0 Å². The van der Waals surface area contributed by atoms with Crippen LogP contribution in [0.1, 0.15) is 55.7 Å². The Morgan fingerprint density at radius 3 is 2.50 bits per heavy atom. The van der Waals surface area contributed by atoms with Crippen LogP contribution in [0.25, 0.3) is 0 Å². The first-order chi connectivity index (χ1) is 8.86. The summed E-state index contributed by atoms with van der Waals surface area (Å²) in [4.78, 5) is 0. The fourth-order valence-electron chi connectivity index (χ4n) is 4.20. The second kappa shape index (κ2) is 4.05. The minimum Gasteiger partial charge on any atom is -0.316 e. The summed E-state index contributed by atoms with van der Waals surface area (Å²) < 4.78 is 2.49. The molecule has 3 atom stereocenters. The van der Waals surface area contributed by atoms with Gasteiger partial charge in [0.1, 0.15) is 11.6 Å². The van der Waals surface area contributed by atoms with Gasteiger partial charge in [-0.15, -0.1) is 10.2 Å². The first kappa shape index (κ1) is 11.0. The van der Waals surface area contributed by atoms with E-state index in [1.807, 2.05) is 0 Å². The summed E-state index contributed by atoms with van der Waals surface area (Å²) in [5.74, 6) is 4.83. The second-order valence-corrected chi connectivity index (χ2v) is 6.28. The van der Waals surface area contributed by atoms with Gasteiger partial charge in [0.2, 0.25) is 0 Å². The molecular weight excluding hydrogens is 224 g/mol. The van der Waals surface area contributed by atoms with Gasteiger partial charge in [0.05, 0.1) is 0 Å². The smallest absolute Gasteiger partial charge is 0.137 e. The van der Waals surface area contributed by atoms with Crippen molar-refractivity contribution in [3.63, 3.8) is 0 Å². The molecule has 0 bridgehead atoms. The van der Waals surface area contributed by atoms with Gasteiger partial charge in [-0.05, 0) is 44.7 Å². The lowest BCUT2D eigenvalue weighted by molar-refractivity contribution is 0.338. The summed E-state index contributed by atoms with van der Waals surface area (Å²) in [5.41, 5.74) is 0. The fourth-order valence-corrected chi connectivity index (χ4v) is 4.20. The van der Waals surface area contributed by atoms with Gasteiger partial charge in [0.25, 0.3) is 0 Å². The Hall–Kier alpha value is -0.900. The van der Waals surface area contributed by atoms with Crippen molar-refractivity contribution in [3.8, 4) is 0 Å². The number of piperidine rings is 1. The van der Waals surface area contributed by atoms with Crippen molar-refractivity contribution in [1.29, 1.82) is 0 Å². The van der Waals surface area contributed by atoms with Gasteiger partial charge >= 0.3 is 0 Å². The molecule has 4 nitrogen and oxygen atoms in total. The minimum absolute atomic E-state index is 0.679. The maximum atomic E-state index is 4.52. The maximum Gasteiger partial charge on any atom is 0.137 e. The van der Waals surface area contributed by atoms with Crippen molar-refractivity contribution in [1.82, 2.24) is 20.1 Å². The predicted octanol–water partition coefficient (Wildman–Crippen LogP) is 2.02. The molecule has 4 heteroatoms. The van der Waals surface area contributed by atoms with E-state index in [9.17, 15) is 0 Å². The lowest BCUT2D eigenvalue weighted by Gasteiger charge is -2.25. The molecule has 3 fully saturated rings. The van der Waals surface area contributed by atoms with Crippen LogP contribution in [0.5, 0.6) is 0 Å². The van der Waals surface area contributed by atoms with E-state index in [0.29, 0.717) is 12.0 Å². The van der Waals surface area contributed by atoms with Crippen LogP contribution >= 0.6 is 0 Å². The normalized spacial score (nSPS) is 35.7. The highest BCUT2D eigenvalue weighted by atomic mass is 15.3. The second-order valence-electron chi connectivity index (χ2n) is 6.28. The lowest BCUT2D eigenvalue weighted by atomic mass is 9.95.